The molecule has 0 spiro atoms. The molecule has 5 rings (SSSR count). The van der Waals surface area contributed by atoms with Gasteiger partial charge in [-0.25, -0.2) is 14.6 Å². The van der Waals surface area contributed by atoms with E-state index in [0.29, 0.717) is 11.8 Å². The second-order valence-corrected chi connectivity index (χ2v) is 8.34. The molecule has 0 N–H and O–H groups in total. The standard InChI is InChI=1S/C21H26N8/c1-14-4-16(3)29(26-14)21-5-20(23-13-24-21)28-10-17-8-27(9-18(17)11-28)12-19-7-22-6-15(2)25-19/h4-7,13,17-18H,8-12H2,1-3H3. The van der Waals surface area contributed by atoms with Crippen molar-refractivity contribution in [2.45, 2.75) is 27.3 Å². The summed E-state index contributed by atoms with van der Waals surface area (Å²) in [6, 6.07) is 4.12. The molecule has 3 aromatic heterocycles. The molecule has 0 amide bonds. The number of hydrogen-bond acceptors (Lipinski definition) is 7. The molecule has 0 saturated carbocycles. The highest BCUT2D eigenvalue weighted by Crippen LogP contribution is 2.34. The summed E-state index contributed by atoms with van der Waals surface area (Å²) >= 11 is 0. The van der Waals surface area contributed by atoms with Crippen LogP contribution in [0.3, 0.4) is 0 Å². The summed E-state index contributed by atoms with van der Waals surface area (Å²) in [5.74, 6) is 3.16. The molecule has 8 nitrogen and oxygen atoms in total. The fourth-order valence-corrected chi connectivity index (χ4v) is 4.71. The first-order valence-electron chi connectivity index (χ1n) is 10.2. The normalized spacial score (nSPS) is 21.7. The van der Waals surface area contributed by atoms with E-state index in [0.717, 1.165) is 67.1 Å². The Labute approximate surface area is 170 Å². The first kappa shape index (κ1) is 18.2. The van der Waals surface area contributed by atoms with Gasteiger partial charge in [-0.2, -0.15) is 5.10 Å². The largest absolute Gasteiger partial charge is 0.356 e. The lowest BCUT2D eigenvalue weighted by Gasteiger charge is -2.22. The van der Waals surface area contributed by atoms with Crippen molar-refractivity contribution in [3.05, 3.63) is 53.6 Å². The molecule has 2 atom stereocenters. The average Bonchev–Trinajstić information content (AvgIpc) is 3.34. The van der Waals surface area contributed by atoms with E-state index in [-0.39, 0.29) is 0 Å². The summed E-state index contributed by atoms with van der Waals surface area (Å²) in [4.78, 5) is 22.8. The summed E-state index contributed by atoms with van der Waals surface area (Å²) in [5, 5.41) is 4.55. The van der Waals surface area contributed by atoms with E-state index in [4.69, 9.17) is 0 Å². The van der Waals surface area contributed by atoms with Crippen LogP contribution in [0.5, 0.6) is 0 Å². The molecule has 8 heteroatoms. The number of hydrogen-bond donors (Lipinski definition) is 0. The quantitative estimate of drug-likeness (QED) is 0.674. The van der Waals surface area contributed by atoms with Crippen molar-refractivity contribution in [2.75, 3.05) is 31.1 Å². The SMILES string of the molecule is Cc1cncc(CN2CC3CN(c4cc(-n5nc(C)cc5C)ncn4)CC3C2)n1. The van der Waals surface area contributed by atoms with Crippen LogP contribution in [0.4, 0.5) is 5.82 Å². The first-order chi connectivity index (χ1) is 14.0. The minimum absolute atomic E-state index is 0.667. The van der Waals surface area contributed by atoms with Crippen LogP contribution in [0.2, 0.25) is 0 Å². The molecule has 3 aromatic rings. The monoisotopic (exact) mass is 390 g/mol. The Hall–Kier alpha value is -2.87. The van der Waals surface area contributed by atoms with Gasteiger partial charge in [0.1, 0.15) is 12.1 Å². The molecule has 2 aliphatic rings. The van der Waals surface area contributed by atoms with E-state index in [2.05, 4.69) is 53.9 Å². The summed E-state index contributed by atoms with van der Waals surface area (Å²) in [5.41, 5.74) is 4.12. The Morgan fingerprint density at radius 3 is 2.34 bits per heavy atom. The third kappa shape index (κ3) is 3.60. The van der Waals surface area contributed by atoms with Crippen molar-refractivity contribution in [3.8, 4) is 5.82 Å². The summed E-state index contributed by atoms with van der Waals surface area (Å²) in [6.45, 7) is 11.2. The molecular weight excluding hydrogens is 364 g/mol. The number of nitrogens with zero attached hydrogens (tertiary/aromatic N) is 8. The van der Waals surface area contributed by atoms with E-state index in [1.165, 1.54) is 0 Å². The molecule has 2 aliphatic heterocycles. The topological polar surface area (TPSA) is 75.9 Å². The van der Waals surface area contributed by atoms with Gasteiger partial charge in [0.25, 0.3) is 0 Å². The average molecular weight is 390 g/mol. The maximum Gasteiger partial charge on any atom is 0.159 e. The number of anilines is 1. The lowest BCUT2D eigenvalue weighted by atomic mass is 10.0. The van der Waals surface area contributed by atoms with Gasteiger partial charge in [0.05, 0.1) is 17.1 Å². The maximum absolute atomic E-state index is 4.60. The smallest absolute Gasteiger partial charge is 0.159 e. The van der Waals surface area contributed by atoms with Crippen molar-refractivity contribution >= 4 is 5.82 Å². The highest BCUT2D eigenvalue weighted by Gasteiger charge is 2.40. The van der Waals surface area contributed by atoms with E-state index >= 15 is 0 Å². The van der Waals surface area contributed by atoms with E-state index < -0.39 is 0 Å². The fourth-order valence-electron chi connectivity index (χ4n) is 4.71. The molecule has 0 bridgehead atoms. The minimum Gasteiger partial charge on any atom is -0.356 e. The predicted molar refractivity (Wildman–Crippen MR) is 110 cm³/mol. The number of aryl methyl sites for hydroxylation is 3. The van der Waals surface area contributed by atoms with Gasteiger partial charge < -0.3 is 4.90 Å². The number of aromatic nitrogens is 6. The molecule has 2 saturated heterocycles. The maximum atomic E-state index is 4.60. The second-order valence-electron chi connectivity index (χ2n) is 8.34. The molecule has 0 aromatic carbocycles. The van der Waals surface area contributed by atoms with Gasteiger partial charge in [0, 0.05) is 56.9 Å². The van der Waals surface area contributed by atoms with Gasteiger partial charge in [0.2, 0.25) is 0 Å². The predicted octanol–water partition coefficient (Wildman–Crippen LogP) is 1.95. The van der Waals surface area contributed by atoms with Gasteiger partial charge >= 0.3 is 0 Å². The van der Waals surface area contributed by atoms with Crippen molar-refractivity contribution in [1.29, 1.82) is 0 Å². The van der Waals surface area contributed by atoms with E-state index in [1.54, 1.807) is 6.33 Å². The zero-order valence-electron chi connectivity index (χ0n) is 17.2. The summed E-state index contributed by atoms with van der Waals surface area (Å²) < 4.78 is 1.89. The molecule has 2 fully saturated rings. The Bertz CT molecular complexity index is 1020. The van der Waals surface area contributed by atoms with Gasteiger partial charge in [-0.05, 0) is 38.7 Å². The zero-order valence-corrected chi connectivity index (χ0v) is 17.2. The highest BCUT2D eigenvalue weighted by atomic mass is 15.3. The van der Waals surface area contributed by atoms with Crippen LogP contribution >= 0.6 is 0 Å². The van der Waals surface area contributed by atoms with Crippen molar-refractivity contribution in [2.24, 2.45) is 11.8 Å². The number of likely N-dealkylation sites (tertiary alicyclic amines) is 1. The Morgan fingerprint density at radius 1 is 0.897 bits per heavy atom. The van der Waals surface area contributed by atoms with Gasteiger partial charge in [-0.3, -0.25) is 14.9 Å². The molecular formula is C21H26N8. The first-order valence-corrected chi connectivity index (χ1v) is 10.2. The van der Waals surface area contributed by atoms with Crippen LogP contribution < -0.4 is 4.90 Å². The zero-order chi connectivity index (χ0) is 20.0. The Balaban J connectivity index is 1.26. The number of rotatable bonds is 4. The van der Waals surface area contributed by atoms with Crippen LogP contribution in [-0.4, -0.2) is 60.8 Å². The van der Waals surface area contributed by atoms with Gasteiger partial charge in [0.15, 0.2) is 5.82 Å². The fraction of sp³-hybridized carbons (Fsp3) is 0.476. The van der Waals surface area contributed by atoms with Crippen molar-refractivity contribution in [1.82, 2.24) is 34.6 Å². The van der Waals surface area contributed by atoms with E-state index in [1.807, 2.05) is 30.9 Å². The van der Waals surface area contributed by atoms with Crippen LogP contribution in [-0.2, 0) is 6.54 Å². The Morgan fingerprint density at radius 2 is 1.66 bits per heavy atom. The van der Waals surface area contributed by atoms with E-state index in [9.17, 15) is 0 Å². The second kappa shape index (κ2) is 7.18. The molecule has 2 unspecified atom stereocenters. The minimum atomic E-state index is 0.667. The van der Waals surface area contributed by atoms with Crippen LogP contribution in [0, 0.1) is 32.6 Å². The lowest BCUT2D eigenvalue weighted by molar-refractivity contribution is 0.304. The van der Waals surface area contributed by atoms with Gasteiger partial charge in [-0.1, -0.05) is 0 Å². The molecule has 5 heterocycles. The van der Waals surface area contributed by atoms with Crippen LogP contribution in [0.1, 0.15) is 22.8 Å². The molecule has 0 radical (unpaired) electrons. The molecule has 29 heavy (non-hydrogen) atoms. The molecule has 150 valence electrons. The van der Waals surface area contributed by atoms with Gasteiger partial charge in [-0.15, -0.1) is 0 Å². The molecule has 0 aliphatic carbocycles. The Kier molecular flexibility index (Phi) is 4.50. The summed E-state index contributed by atoms with van der Waals surface area (Å²) in [6.07, 6.45) is 5.34. The van der Waals surface area contributed by atoms with Crippen molar-refractivity contribution in [3.63, 3.8) is 0 Å². The van der Waals surface area contributed by atoms with Crippen LogP contribution in [0.25, 0.3) is 5.82 Å². The van der Waals surface area contributed by atoms with Crippen LogP contribution in [0.15, 0.2) is 30.9 Å². The third-order valence-corrected chi connectivity index (χ3v) is 5.94. The highest BCUT2D eigenvalue weighted by molar-refractivity contribution is 5.45. The summed E-state index contributed by atoms with van der Waals surface area (Å²) in [7, 11) is 0. The lowest BCUT2D eigenvalue weighted by Crippen LogP contribution is -2.29. The number of fused-ring (bicyclic) bond motifs is 1. The third-order valence-electron chi connectivity index (χ3n) is 5.94. The van der Waals surface area contributed by atoms with Crippen molar-refractivity contribution < 1.29 is 0 Å².